The number of nitrogens with one attached hydrogen (secondary N) is 3. The van der Waals surface area contributed by atoms with Crippen molar-refractivity contribution < 1.29 is 18.1 Å². The maximum absolute atomic E-state index is 11.6. The van der Waals surface area contributed by atoms with E-state index in [1.165, 1.54) is 12.3 Å². The van der Waals surface area contributed by atoms with Crippen LogP contribution in [0.5, 0.6) is 0 Å². The highest BCUT2D eigenvalue weighted by Crippen LogP contribution is 2.40. The number of hydrogen-bond acceptors (Lipinski definition) is 9. The van der Waals surface area contributed by atoms with Crippen LogP contribution in [0.3, 0.4) is 0 Å². The Morgan fingerprint density at radius 1 is 1.48 bits per heavy atom. The van der Waals surface area contributed by atoms with Gasteiger partial charge >= 0.3 is 0 Å². The summed E-state index contributed by atoms with van der Waals surface area (Å²) in [5, 5.41) is 37.5. The van der Waals surface area contributed by atoms with Gasteiger partial charge in [0.25, 0.3) is 11.6 Å². The van der Waals surface area contributed by atoms with Gasteiger partial charge in [-0.1, -0.05) is 0 Å². The van der Waals surface area contributed by atoms with Crippen molar-refractivity contribution in [2.45, 2.75) is 35.6 Å². The van der Waals surface area contributed by atoms with E-state index in [0.29, 0.717) is 33.9 Å². The number of thiophene rings is 1. The van der Waals surface area contributed by atoms with Crippen molar-refractivity contribution in [3.05, 3.63) is 30.1 Å². The van der Waals surface area contributed by atoms with Crippen LogP contribution in [-0.4, -0.2) is 34.9 Å². The van der Waals surface area contributed by atoms with Crippen LogP contribution in [0.2, 0.25) is 0 Å². The number of rotatable bonds is 8. The highest BCUT2D eigenvalue weighted by molar-refractivity contribution is 7.91. The van der Waals surface area contributed by atoms with Crippen LogP contribution in [0.15, 0.2) is 28.6 Å². The van der Waals surface area contributed by atoms with Crippen molar-refractivity contribution in [1.29, 1.82) is 5.26 Å². The first-order valence-electron chi connectivity index (χ1n) is 9.42. The number of sulfonamides is 1. The molecule has 1 saturated carbocycles. The average molecular weight is 462 g/mol. The minimum Gasteiger partial charge on any atom is -0.373 e. The molecular formula is C18H21N8O3S2+. The number of primary sulfonamides is 1. The minimum absolute atomic E-state index is 0.0341. The molecule has 11 nitrogen and oxygen atoms in total. The van der Waals surface area contributed by atoms with E-state index in [1.54, 1.807) is 17.7 Å². The first-order chi connectivity index (χ1) is 14.8. The number of nitriles is 1. The fourth-order valence-electron chi connectivity index (χ4n) is 3.08. The number of nitrogens with zero attached hydrogens (tertiary/aromatic N) is 4. The number of H-pyrrole nitrogens is 1. The Hall–Kier alpha value is -3.05. The second-order valence-corrected chi connectivity index (χ2v) is 10.1. The molecule has 6 N–H and O–H groups in total. The summed E-state index contributed by atoms with van der Waals surface area (Å²) >= 11 is 1.01. The zero-order valence-electron chi connectivity index (χ0n) is 16.5. The normalized spacial score (nSPS) is 14.8. The fourth-order valence-corrected chi connectivity index (χ4v) is 4.84. The number of aliphatic hydroxyl groups is 1. The molecule has 0 aromatic carbocycles. The third-order valence-electron chi connectivity index (χ3n) is 4.77. The Kier molecular flexibility index (Phi) is 5.63. The molecule has 1 aliphatic rings. The quantitative estimate of drug-likeness (QED) is 0.246. The van der Waals surface area contributed by atoms with E-state index in [0.717, 1.165) is 29.9 Å². The lowest BCUT2D eigenvalue weighted by Gasteiger charge is -2.14. The van der Waals surface area contributed by atoms with E-state index < -0.39 is 16.3 Å². The van der Waals surface area contributed by atoms with Crippen LogP contribution in [0.4, 0.5) is 17.3 Å². The van der Waals surface area contributed by atoms with Crippen LogP contribution in [0, 0.1) is 11.3 Å². The predicted molar refractivity (Wildman–Crippen MR) is 114 cm³/mol. The zero-order chi connectivity index (χ0) is 22.2. The number of hydrogen-bond donors (Lipinski definition) is 5. The third-order valence-corrected chi connectivity index (χ3v) is 7.29. The summed E-state index contributed by atoms with van der Waals surface area (Å²) in [6.07, 6.45) is 2.57. The minimum atomic E-state index is -3.82. The van der Waals surface area contributed by atoms with Crippen molar-refractivity contribution in [1.82, 2.24) is 15.2 Å². The molecule has 3 heterocycles. The molecular weight excluding hydrogens is 440 g/mol. The van der Waals surface area contributed by atoms with Gasteiger partial charge in [-0.2, -0.15) is 5.26 Å². The molecule has 0 aliphatic heterocycles. The van der Waals surface area contributed by atoms with Crippen molar-refractivity contribution in [2.75, 3.05) is 10.6 Å². The Labute approximate surface area is 182 Å². The summed E-state index contributed by atoms with van der Waals surface area (Å²) in [6.45, 7) is 0. The van der Waals surface area contributed by atoms with Crippen molar-refractivity contribution >= 4 is 38.7 Å². The van der Waals surface area contributed by atoms with E-state index in [2.05, 4.69) is 25.8 Å². The molecule has 0 bridgehead atoms. The smallest absolute Gasteiger partial charge is 0.279 e. The van der Waals surface area contributed by atoms with Crippen LogP contribution in [0.1, 0.15) is 30.9 Å². The molecule has 162 valence electrons. The SMILES string of the molecule is C[n+]1c(-c2ccc(S(N)(=O)=O)s2)ncc(NC(O)CC#N)c1Nc1cc(C2CC2)[nH]n1. The molecule has 0 spiro atoms. The van der Waals surface area contributed by atoms with Gasteiger partial charge < -0.3 is 10.4 Å². The van der Waals surface area contributed by atoms with E-state index in [1.807, 2.05) is 12.1 Å². The topological polar surface area (TPSA) is 174 Å². The molecule has 1 aliphatic carbocycles. The molecule has 3 aromatic rings. The Morgan fingerprint density at radius 3 is 2.90 bits per heavy atom. The van der Waals surface area contributed by atoms with Gasteiger partial charge in [0.1, 0.15) is 27.2 Å². The lowest BCUT2D eigenvalue weighted by Crippen LogP contribution is -2.37. The molecule has 0 saturated heterocycles. The lowest BCUT2D eigenvalue weighted by molar-refractivity contribution is -0.647. The van der Waals surface area contributed by atoms with Gasteiger partial charge in [0.05, 0.1) is 19.5 Å². The van der Waals surface area contributed by atoms with Gasteiger partial charge in [-0.25, -0.2) is 18.1 Å². The van der Waals surface area contributed by atoms with Gasteiger partial charge in [0, 0.05) is 17.7 Å². The largest absolute Gasteiger partial charge is 0.373 e. The van der Waals surface area contributed by atoms with Crippen LogP contribution >= 0.6 is 11.3 Å². The molecule has 4 rings (SSSR count). The number of aliphatic hydroxyl groups excluding tert-OH is 1. The molecule has 13 heteroatoms. The van der Waals surface area contributed by atoms with Gasteiger partial charge in [0.2, 0.25) is 15.8 Å². The van der Waals surface area contributed by atoms with Gasteiger partial charge in [-0.3, -0.25) is 10.4 Å². The lowest BCUT2D eigenvalue weighted by atomic mass is 10.3. The summed E-state index contributed by atoms with van der Waals surface area (Å²) in [5.41, 5.74) is 1.50. The van der Waals surface area contributed by atoms with E-state index >= 15 is 0 Å². The number of aromatic amines is 1. The number of nitrogens with two attached hydrogens (primary N) is 1. The van der Waals surface area contributed by atoms with Gasteiger partial charge in [-0.15, -0.1) is 21.4 Å². The second kappa shape index (κ2) is 8.23. The van der Waals surface area contributed by atoms with Crippen molar-refractivity contribution in [3.8, 4) is 16.8 Å². The summed E-state index contributed by atoms with van der Waals surface area (Å²) in [5.74, 6) is 2.11. The third kappa shape index (κ3) is 4.67. The number of anilines is 3. The molecule has 0 radical (unpaired) electrons. The summed E-state index contributed by atoms with van der Waals surface area (Å²) in [4.78, 5) is 5.01. The highest BCUT2D eigenvalue weighted by atomic mass is 32.2. The van der Waals surface area contributed by atoms with E-state index in [9.17, 15) is 13.5 Å². The van der Waals surface area contributed by atoms with Gasteiger partial charge in [-0.05, 0) is 25.0 Å². The molecule has 3 aromatic heterocycles. The molecule has 1 atom stereocenters. The monoisotopic (exact) mass is 461 g/mol. The summed E-state index contributed by atoms with van der Waals surface area (Å²) in [7, 11) is -2.07. The number of aromatic nitrogens is 4. The first-order valence-corrected chi connectivity index (χ1v) is 11.8. The maximum atomic E-state index is 11.6. The molecule has 31 heavy (non-hydrogen) atoms. The fraction of sp³-hybridized carbons (Fsp3) is 0.333. The second-order valence-electron chi connectivity index (χ2n) is 7.20. The first kappa shape index (κ1) is 21.2. The van der Waals surface area contributed by atoms with Crippen molar-refractivity contribution in [3.63, 3.8) is 0 Å². The summed E-state index contributed by atoms with van der Waals surface area (Å²) in [6, 6.07) is 6.90. The summed E-state index contributed by atoms with van der Waals surface area (Å²) < 4.78 is 25.0. The van der Waals surface area contributed by atoms with E-state index in [-0.39, 0.29) is 10.6 Å². The predicted octanol–water partition coefficient (Wildman–Crippen LogP) is 1.27. The van der Waals surface area contributed by atoms with E-state index in [4.69, 9.17) is 10.4 Å². The average Bonchev–Trinajstić information content (AvgIpc) is 3.23. The maximum Gasteiger partial charge on any atom is 0.279 e. The highest BCUT2D eigenvalue weighted by Gasteiger charge is 2.28. The zero-order valence-corrected chi connectivity index (χ0v) is 18.2. The Morgan fingerprint density at radius 2 is 2.26 bits per heavy atom. The van der Waals surface area contributed by atoms with Crippen LogP contribution < -0.4 is 20.3 Å². The van der Waals surface area contributed by atoms with Crippen LogP contribution in [0.25, 0.3) is 10.7 Å². The Bertz CT molecular complexity index is 1260. The van der Waals surface area contributed by atoms with Crippen molar-refractivity contribution in [2.24, 2.45) is 12.2 Å². The molecule has 1 fully saturated rings. The molecule has 1 unspecified atom stereocenters. The Balaban J connectivity index is 1.73. The van der Waals surface area contributed by atoms with Crippen LogP contribution in [-0.2, 0) is 17.1 Å². The molecule has 0 amide bonds. The standard InChI is InChI=1S/C18H20N8O3S2/c1-26-17(23-14-8-11(24-25-14)10-2-3-10)12(22-15(27)6-7-19)9-21-18(26)13-4-5-16(30-13)31(20,28)29/h4-5,8-10,15,22,27H,2-3,6H2,1H3,(H3,20,24,25,28,29)/p+1. The van der Waals surface area contributed by atoms with Gasteiger partial charge in [0.15, 0.2) is 0 Å².